The molecule has 30 heavy (non-hydrogen) atoms. The molecule has 2 N–H and O–H groups in total. The van der Waals surface area contributed by atoms with E-state index in [9.17, 15) is 19.8 Å². The van der Waals surface area contributed by atoms with Gasteiger partial charge in [-0.15, -0.1) is 0 Å². The molecule has 6 nitrogen and oxygen atoms in total. The Labute approximate surface area is 227 Å². The Morgan fingerprint density at radius 1 is 0.767 bits per heavy atom. The average Bonchev–Trinajstić information content (AvgIpc) is 2.66. The van der Waals surface area contributed by atoms with Crippen molar-refractivity contribution in [2.24, 2.45) is 5.92 Å². The van der Waals surface area contributed by atoms with E-state index >= 15 is 0 Å². The number of carboxylic acid groups (broad SMARTS) is 2. The van der Waals surface area contributed by atoms with Gasteiger partial charge in [-0.3, -0.25) is 0 Å². The molecule has 0 aliphatic heterocycles. The van der Waals surface area contributed by atoms with Gasteiger partial charge in [0.2, 0.25) is 0 Å². The van der Waals surface area contributed by atoms with Crippen molar-refractivity contribution in [1.29, 1.82) is 0 Å². The smallest absolute Gasteiger partial charge is 0.550 e. The Morgan fingerprint density at radius 2 is 1.20 bits per heavy atom. The molecule has 8 heteroatoms. The van der Waals surface area contributed by atoms with Gasteiger partial charge in [-0.2, -0.15) is 0 Å². The van der Waals surface area contributed by atoms with Gasteiger partial charge in [0.1, 0.15) is 0 Å². The number of aliphatic carboxylic acids is 2. The maximum atomic E-state index is 10.7. The van der Waals surface area contributed by atoms with E-state index in [4.69, 9.17) is 10.2 Å². The van der Waals surface area contributed by atoms with E-state index in [2.05, 4.69) is 6.92 Å². The van der Waals surface area contributed by atoms with Crippen LogP contribution in [0.25, 0.3) is 0 Å². The number of hydrogen-bond donors (Lipinski definition) is 2. The Kier molecular flexibility index (Phi) is 40.1. The predicted octanol–water partition coefficient (Wildman–Crippen LogP) is -3.88. The van der Waals surface area contributed by atoms with Gasteiger partial charge >= 0.3 is 59.1 Å². The molecule has 0 aliphatic rings. The second-order valence-electron chi connectivity index (χ2n) is 7.05. The maximum absolute atomic E-state index is 10.7. The average molecular weight is 447 g/mol. The molecule has 166 valence electrons. The molecular formula is C22H40Na2O6. The molecule has 0 heterocycles. The monoisotopic (exact) mass is 446 g/mol. The fourth-order valence-corrected chi connectivity index (χ4v) is 2.64. The molecule has 0 bridgehead atoms. The number of aliphatic hydroxyl groups excluding tert-OH is 2. The zero-order chi connectivity index (χ0) is 21.5. The molecule has 1 atom stereocenters. The summed E-state index contributed by atoms with van der Waals surface area (Å²) in [4.78, 5) is 21.0. The van der Waals surface area contributed by atoms with Crippen molar-refractivity contribution in [3.8, 4) is 0 Å². The van der Waals surface area contributed by atoms with Crippen molar-refractivity contribution in [1.82, 2.24) is 0 Å². The van der Waals surface area contributed by atoms with Crippen LogP contribution >= 0.6 is 0 Å². The number of carbonyl (C=O) groups excluding carboxylic acids is 2. The van der Waals surface area contributed by atoms with Gasteiger partial charge in [-0.25, -0.2) is 0 Å². The normalized spacial score (nSPS) is 11.0. The molecule has 0 aromatic carbocycles. The van der Waals surface area contributed by atoms with Crippen molar-refractivity contribution < 1.29 is 89.1 Å². The third-order valence-electron chi connectivity index (χ3n) is 4.35. The first-order valence-corrected chi connectivity index (χ1v) is 10.8. The molecule has 0 saturated carbocycles. The summed E-state index contributed by atoms with van der Waals surface area (Å²) < 4.78 is 0. The first-order valence-electron chi connectivity index (χ1n) is 10.8. The maximum Gasteiger partial charge on any atom is 1.00 e. The van der Waals surface area contributed by atoms with Crippen molar-refractivity contribution in [3.63, 3.8) is 0 Å². The van der Waals surface area contributed by atoms with Gasteiger partial charge in [-0.05, 0) is 32.1 Å². The van der Waals surface area contributed by atoms with Crippen molar-refractivity contribution in [2.75, 3.05) is 13.2 Å². The van der Waals surface area contributed by atoms with E-state index in [0.29, 0.717) is 0 Å². The van der Waals surface area contributed by atoms with Gasteiger partial charge in [-0.1, -0.05) is 76.9 Å². The number of carbonyl (C=O) groups is 2. The van der Waals surface area contributed by atoms with Crippen LogP contribution in [-0.2, 0) is 9.59 Å². The number of allylic oxidation sites excluding steroid dienone is 1. The van der Waals surface area contributed by atoms with Gasteiger partial charge in [0.15, 0.2) is 0 Å². The summed E-state index contributed by atoms with van der Waals surface area (Å²) in [5, 5.41) is 37.6. The minimum Gasteiger partial charge on any atom is -0.550 e. The van der Waals surface area contributed by atoms with E-state index < -0.39 is 24.3 Å². The standard InChI is InChI=1S/C16H28O4.C6H14O2.2Na/c1-2-3-4-5-6-7-8-9-10-11-12-14(16(19)20)13-15(17)18;7-5-3-1-2-4-6-8;;/h11-12,14H,2-10,13H2,1H3,(H,17,18)(H,19,20);7-8H,1-6H2;;/q;;2*+1/p-2. The number of carboxylic acids is 2. The van der Waals surface area contributed by atoms with Crippen LogP contribution in [0.3, 0.4) is 0 Å². The fraction of sp³-hybridized carbons (Fsp3) is 0.818. The molecule has 0 radical (unpaired) electrons. The van der Waals surface area contributed by atoms with Crippen LogP contribution < -0.4 is 69.3 Å². The van der Waals surface area contributed by atoms with E-state index in [-0.39, 0.29) is 72.3 Å². The van der Waals surface area contributed by atoms with Crippen LogP contribution in [0.5, 0.6) is 0 Å². The second-order valence-corrected chi connectivity index (χ2v) is 7.05. The number of aliphatic hydroxyl groups is 2. The number of hydrogen-bond acceptors (Lipinski definition) is 6. The molecule has 0 aromatic rings. The summed E-state index contributed by atoms with van der Waals surface area (Å²) in [6.45, 7) is 2.77. The molecule has 0 rings (SSSR count). The summed E-state index contributed by atoms with van der Waals surface area (Å²) in [5.74, 6) is -3.80. The first-order chi connectivity index (χ1) is 13.5. The van der Waals surface area contributed by atoms with Crippen molar-refractivity contribution >= 4 is 11.9 Å². The minimum atomic E-state index is -1.36. The largest absolute Gasteiger partial charge is 1.00 e. The molecule has 0 fully saturated rings. The van der Waals surface area contributed by atoms with Crippen LogP contribution in [0.4, 0.5) is 0 Å². The van der Waals surface area contributed by atoms with Crippen molar-refractivity contribution in [2.45, 2.75) is 96.8 Å². The summed E-state index contributed by atoms with van der Waals surface area (Å²) in [7, 11) is 0. The first kappa shape index (κ1) is 37.9. The Balaban J connectivity index is -0.000000288. The Hall–Kier alpha value is 0.600. The van der Waals surface area contributed by atoms with Crippen LogP contribution in [0.1, 0.15) is 96.8 Å². The molecule has 0 amide bonds. The summed E-state index contributed by atoms with van der Waals surface area (Å²) in [6.07, 6.45) is 17.0. The van der Waals surface area contributed by atoms with Gasteiger partial charge < -0.3 is 30.0 Å². The second kappa shape index (κ2) is 31.8. The molecule has 0 saturated heterocycles. The van der Waals surface area contributed by atoms with E-state index in [0.717, 1.165) is 44.9 Å². The third-order valence-corrected chi connectivity index (χ3v) is 4.35. The quantitative estimate of drug-likeness (QED) is 0.126. The Morgan fingerprint density at radius 3 is 1.60 bits per heavy atom. The fourth-order valence-electron chi connectivity index (χ4n) is 2.64. The van der Waals surface area contributed by atoms with E-state index in [1.165, 1.54) is 44.6 Å². The molecule has 1 unspecified atom stereocenters. The third kappa shape index (κ3) is 33.2. The molecule has 0 aliphatic carbocycles. The summed E-state index contributed by atoms with van der Waals surface area (Å²) in [6, 6.07) is 0. The molecule has 0 spiro atoms. The van der Waals surface area contributed by atoms with Gasteiger partial charge in [0.25, 0.3) is 0 Å². The van der Waals surface area contributed by atoms with Crippen LogP contribution in [-0.4, -0.2) is 35.4 Å². The minimum absolute atomic E-state index is 0. The number of unbranched alkanes of at least 4 members (excludes halogenated alkanes) is 11. The summed E-state index contributed by atoms with van der Waals surface area (Å²) in [5.41, 5.74) is 0. The summed E-state index contributed by atoms with van der Waals surface area (Å²) >= 11 is 0. The van der Waals surface area contributed by atoms with Crippen molar-refractivity contribution in [3.05, 3.63) is 12.2 Å². The van der Waals surface area contributed by atoms with Gasteiger partial charge in [0.05, 0.1) is 0 Å². The Bertz CT molecular complexity index is 386. The van der Waals surface area contributed by atoms with Crippen LogP contribution in [0.2, 0.25) is 0 Å². The van der Waals surface area contributed by atoms with Gasteiger partial charge in [0, 0.05) is 31.1 Å². The van der Waals surface area contributed by atoms with Crippen LogP contribution in [0, 0.1) is 5.92 Å². The molecule has 0 aromatic heterocycles. The van der Waals surface area contributed by atoms with E-state index in [1.54, 1.807) is 6.08 Å². The molecular weight excluding hydrogens is 406 g/mol. The topological polar surface area (TPSA) is 121 Å². The predicted molar refractivity (Wildman–Crippen MR) is 107 cm³/mol. The SMILES string of the molecule is CCCCCCCCCCC=CC(CC(=O)[O-])C(=O)[O-].OCCCCCCO.[Na+].[Na+]. The van der Waals surface area contributed by atoms with E-state index in [1.807, 2.05) is 0 Å². The number of rotatable bonds is 18. The van der Waals surface area contributed by atoms with Crippen LogP contribution in [0.15, 0.2) is 12.2 Å². The zero-order valence-corrected chi connectivity index (χ0v) is 23.6. The zero-order valence-electron chi connectivity index (χ0n) is 19.6.